The van der Waals surface area contributed by atoms with Gasteiger partial charge in [-0.2, -0.15) is 0 Å². The van der Waals surface area contributed by atoms with Gasteiger partial charge in [-0.1, -0.05) is 46.8 Å². The minimum Gasteiger partial charge on any atom is -0.361 e. The SMILES string of the molecule is Cc1oncc1-c1nnc(C(N)c2ccccc2)s1. The molecule has 0 aliphatic rings. The molecule has 0 aliphatic heterocycles. The molecular weight excluding hydrogens is 260 g/mol. The fraction of sp³-hybridized carbons (Fsp3) is 0.154. The Morgan fingerprint density at radius 1 is 1.21 bits per heavy atom. The van der Waals surface area contributed by atoms with Gasteiger partial charge in [0.1, 0.15) is 10.8 Å². The summed E-state index contributed by atoms with van der Waals surface area (Å²) in [5.74, 6) is 0.732. The van der Waals surface area contributed by atoms with Gasteiger partial charge in [-0.3, -0.25) is 0 Å². The highest BCUT2D eigenvalue weighted by Crippen LogP contribution is 2.30. The first-order valence-corrected chi connectivity index (χ1v) is 6.63. The van der Waals surface area contributed by atoms with Crippen LogP contribution in [0.15, 0.2) is 41.1 Å². The lowest BCUT2D eigenvalue weighted by Crippen LogP contribution is -2.11. The molecule has 3 aromatic rings. The van der Waals surface area contributed by atoms with Gasteiger partial charge in [-0.05, 0) is 12.5 Å². The molecule has 2 heterocycles. The first kappa shape index (κ1) is 12.0. The normalized spacial score (nSPS) is 12.5. The molecule has 2 aromatic heterocycles. The Morgan fingerprint density at radius 2 is 2.00 bits per heavy atom. The summed E-state index contributed by atoms with van der Waals surface area (Å²) in [7, 11) is 0. The summed E-state index contributed by atoms with van der Waals surface area (Å²) in [5, 5.41) is 13.6. The molecule has 0 aliphatic carbocycles. The van der Waals surface area contributed by atoms with E-state index in [1.807, 2.05) is 37.3 Å². The molecule has 19 heavy (non-hydrogen) atoms. The number of nitrogens with two attached hydrogens (primary N) is 1. The minimum absolute atomic E-state index is 0.257. The second-order valence-electron chi connectivity index (χ2n) is 4.13. The Bertz CT molecular complexity index is 677. The third-order valence-corrected chi connectivity index (χ3v) is 3.89. The van der Waals surface area contributed by atoms with E-state index in [0.717, 1.165) is 26.9 Å². The van der Waals surface area contributed by atoms with Crippen molar-refractivity contribution in [1.29, 1.82) is 0 Å². The van der Waals surface area contributed by atoms with Crippen molar-refractivity contribution in [2.24, 2.45) is 5.73 Å². The van der Waals surface area contributed by atoms with Crippen LogP contribution in [0.1, 0.15) is 22.4 Å². The van der Waals surface area contributed by atoms with E-state index in [0.29, 0.717) is 0 Å². The van der Waals surface area contributed by atoms with E-state index in [2.05, 4.69) is 15.4 Å². The van der Waals surface area contributed by atoms with Crippen LogP contribution in [0, 0.1) is 6.92 Å². The van der Waals surface area contributed by atoms with Crippen molar-refractivity contribution in [1.82, 2.24) is 15.4 Å². The molecule has 3 rings (SSSR count). The van der Waals surface area contributed by atoms with Gasteiger partial charge < -0.3 is 10.3 Å². The fourth-order valence-corrected chi connectivity index (χ4v) is 2.71. The van der Waals surface area contributed by atoms with E-state index in [1.165, 1.54) is 11.3 Å². The predicted octanol–water partition coefficient (Wildman–Crippen LogP) is 2.55. The van der Waals surface area contributed by atoms with Crippen LogP contribution >= 0.6 is 11.3 Å². The zero-order valence-electron chi connectivity index (χ0n) is 10.3. The monoisotopic (exact) mass is 272 g/mol. The lowest BCUT2D eigenvalue weighted by atomic mass is 10.1. The number of rotatable bonds is 3. The van der Waals surface area contributed by atoms with Crippen LogP contribution in [-0.2, 0) is 0 Å². The number of nitrogens with zero attached hydrogens (tertiary/aromatic N) is 3. The van der Waals surface area contributed by atoms with Crippen LogP contribution in [0.5, 0.6) is 0 Å². The molecule has 0 radical (unpaired) electrons. The first-order chi connectivity index (χ1) is 9.25. The molecule has 0 saturated heterocycles. The summed E-state index contributed by atoms with van der Waals surface area (Å²) >= 11 is 1.46. The van der Waals surface area contributed by atoms with E-state index in [1.54, 1.807) is 6.20 Å². The lowest BCUT2D eigenvalue weighted by Gasteiger charge is -2.06. The molecule has 1 unspecified atom stereocenters. The van der Waals surface area contributed by atoms with Gasteiger partial charge in [0.2, 0.25) is 0 Å². The molecule has 5 nitrogen and oxygen atoms in total. The summed E-state index contributed by atoms with van der Waals surface area (Å²) in [4.78, 5) is 0. The Kier molecular flexibility index (Phi) is 3.10. The van der Waals surface area contributed by atoms with E-state index in [-0.39, 0.29) is 6.04 Å². The van der Waals surface area contributed by atoms with Crippen LogP contribution < -0.4 is 5.73 Å². The Hall–Kier alpha value is -2.05. The van der Waals surface area contributed by atoms with E-state index in [9.17, 15) is 0 Å². The molecule has 0 fully saturated rings. The second kappa shape index (κ2) is 4.91. The van der Waals surface area contributed by atoms with Crippen molar-refractivity contribution in [3.05, 3.63) is 52.9 Å². The molecule has 1 atom stereocenters. The summed E-state index contributed by atoms with van der Waals surface area (Å²) < 4.78 is 5.03. The molecule has 6 heteroatoms. The van der Waals surface area contributed by atoms with Crippen molar-refractivity contribution < 1.29 is 4.52 Å². The number of hydrogen-bond acceptors (Lipinski definition) is 6. The zero-order valence-corrected chi connectivity index (χ0v) is 11.1. The molecule has 1 aromatic carbocycles. The van der Waals surface area contributed by atoms with Gasteiger partial charge in [-0.15, -0.1) is 10.2 Å². The maximum absolute atomic E-state index is 6.19. The number of hydrogen-bond donors (Lipinski definition) is 1. The van der Waals surface area contributed by atoms with Gasteiger partial charge in [0, 0.05) is 0 Å². The fourth-order valence-electron chi connectivity index (χ4n) is 1.78. The summed E-state index contributed by atoms with van der Waals surface area (Å²) in [5.41, 5.74) is 8.08. The predicted molar refractivity (Wildman–Crippen MR) is 72.6 cm³/mol. The van der Waals surface area contributed by atoms with Gasteiger partial charge >= 0.3 is 0 Å². The average Bonchev–Trinajstić information content (AvgIpc) is 3.07. The standard InChI is InChI=1S/C13H12N4OS/c1-8-10(7-15-18-8)12-16-17-13(19-12)11(14)9-5-3-2-4-6-9/h2-7,11H,14H2,1H3. The molecule has 0 spiro atoms. The van der Waals surface area contributed by atoms with Gasteiger partial charge in [0.25, 0.3) is 0 Å². The minimum atomic E-state index is -0.257. The van der Waals surface area contributed by atoms with Gasteiger partial charge in [0.05, 0.1) is 17.8 Å². The van der Waals surface area contributed by atoms with Crippen molar-refractivity contribution in [3.63, 3.8) is 0 Å². The van der Waals surface area contributed by atoms with E-state index < -0.39 is 0 Å². The Balaban J connectivity index is 1.92. The molecule has 0 amide bonds. The molecule has 0 bridgehead atoms. The molecular formula is C13H12N4OS. The average molecular weight is 272 g/mol. The molecule has 2 N–H and O–H groups in total. The topological polar surface area (TPSA) is 77.8 Å². The Labute approximate surface area is 114 Å². The smallest absolute Gasteiger partial charge is 0.153 e. The maximum atomic E-state index is 6.19. The van der Waals surface area contributed by atoms with E-state index in [4.69, 9.17) is 10.3 Å². The molecule has 96 valence electrons. The number of aryl methyl sites for hydroxylation is 1. The number of aromatic nitrogens is 3. The Morgan fingerprint density at radius 3 is 2.68 bits per heavy atom. The quantitative estimate of drug-likeness (QED) is 0.792. The summed E-state index contributed by atoms with van der Waals surface area (Å²) in [6.45, 7) is 1.85. The van der Waals surface area contributed by atoms with Crippen LogP contribution in [0.3, 0.4) is 0 Å². The highest BCUT2D eigenvalue weighted by Gasteiger charge is 2.17. The van der Waals surface area contributed by atoms with Crippen molar-refractivity contribution in [2.45, 2.75) is 13.0 Å². The third-order valence-electron chi connectivity index (χ3n) is 2.85. The highest BCUT2D eigenvalue weighted by atomic mass is 32.1. The second-order valence-corrected chi connectivity index (χ2v) is 5.14. The van der Waals surface area contributed by atoms with Gasteiger partial charge in [-0.25, -0.2) is 0 Å². The zero-order chi connectivity index (χ0) is 13.2. The highest BCUT2D eigenvalue weighted by molar-refractivity contribution is 7.14. The number of benzene rings is 1. The molecule has 0 saturated carbocycles. The first-order valence-electron chi connectivity index (χ1n) is 5.81. The van der Waals surface area contributed by atoms with Crippen LogP contribution in [0.4, 0.5) is 0 Å². The maximum Gasteiger partial charge on any atom is 0.153 e. The third kappa shape index (κ3) is 2.27. The van der Waals surface area contributed by atoms with Gasteiger partial charge in [0.15, 0.2) is 5.01 Å². The van der Waals surface area contributed by atoms with Crippen molar-refractivity contribution >= 4 is 11.3 Å². The lowest BCUT2D eigenvalue weighted by molar-refractivity contribution is 0.398. The van der Waals surface area contributed by atoms with E-state index >= 15 is 0 Å². The largest absolute Gasteiger partial charge is 0.361 e. The summed E-state index contributed by atoms with van der Waals surface area (Å²) in [6, 6.07) is 9.59. The summed E-state index contributed by atoms with van der Waals surface area (Å²) in [6.07, 6.45) is 1.65. The van der Waals surface area contributed by atoms with Crippen LogP contribution in [0.2, 0.25) is 0 Å². The van der Waals surface area contributed by atoms with Crippen molar-refractivity contribution in [3.8, 4) is 10.6 Å². The van der Waals surface area contributed by atoms with Crippen LogP contribution in [-0.4, -0.2) is 15.4 Å². The van der Waals surface area contributed by atoms with Crippen molar-refractivity contribution in [2.75, 3.05) is 0 Å². The van der Waals surface area contributed by atoms with Crippen LogP contribution in [0.25, 0.3) is 10.6 Å².